The molecule has 516 valence electrons. The molecule has 5 atom stereocenters. The average molecular weight is 1280 g/mol. The van der Waals surface area contributed by atoms with Crippen LogP contribution in [0.1, 0.15) is 349 Å². The maximum absolute atomic E-state index is 13.0. The Morgan fingerprint density at radius 3 is 0.782 bits per heavy atom. The fourth-order valence-electron chi connectivity index (χ4n) is 10.3. The second kappa shape index (κ2) is 61.6. The van der Waals surface area contributed by atoms with Crippen LogP contribution in [-0.4, -0.2) is 96.7 Å². The quantitative estimate of drug-likeness (QED) is 0.0222. The van der Waals surface area contributed by atoms with Gasteiger partial charge >= 0.3 is 39.5 Å². The molecule has 0 bridgehead atoms. The molecule has 3 N–H and O–H groups in total. The van der Waals surface area contributed by atoms with Gasteiger partial charge in [0.25, 0.3) is 0 Å². The molecule has 0 aliphatic heterocycles. The Bertz CT molecular complexity index is 1690. The highest BCUT2D eigenvalue weighted by atomic mass is 31.2. The lowest BCUT2D eigenvalue weighted by Crippen LogP contribution is -2.30. The Morgan fingerprint density at radius 2 is 0.529 bits per heavy atom. The number of hydrogen-bond donors (Lipinski definition) is 3. The van der Waals surface area contributed by atoms with Crippen molar-refractivity contribution in [2.75, 3.05) is 39.6 Å². The first-order valence-electron chi connectivity index (χ1n) is 35.6. The van der Waals surface area contributed by atoms with Gasteiger partial charge in [-0.25, -0.2) is 9.13 Å². The van der Waals surface area contributed by atoms with E-state index in [4.69, 9.17) is 37.0 Å². The molecule has 0 aromatic heterocycles. The fraction of sp³-hybridized carbons (Fsp3) is 0.941. The summed E-state index contributed by atoms with van der Waals surface area (Å²) in [6.45, 7) is 7.12. The van der Waals surface area contributed by atoms with Crippen molar-refractivity contribution in [3.63, 3.8) is 0 Å². The van der Waals surface area contributed by atoms with Crippen LogP contribution in [0.3, 0.4) is 0 Å². The van der Waals surface area contributed by atoms with E-state index >= 15 is 0 Å². The maximum atomic E-state index is 13.0. The van der Waals surface area contributed by atoms with Crippen molar-refractivity contribution < 1.29 is 80.2 Å². The first-order valence-corrected chi connectivity index (χ1v) is 38.6. The smallest absolute Gasteiger partial charge is 0.462 e. The number of aliphatic hydroxyl groups is 1. The second-order valence-electron chi connectivity index (χ2n) is 25.0. The predicted octanol–water partition coefficient (Wildman–Crippen LogP) is 19.4. The Morgan fingerprint density at radius 1 is 0.310 bits per heavy atom. The molecule has 0 aliphatic carbocycles. The zero-order valence-corrected chi connectivity index (χ0v) is 57.9. The lowest BCUT2D eigenvalue weighted by molar-refractivity contribution is -0.161. The number of hydrogen-bond acceptors (Lipinski definition) is 15. The van der Waals surface area contributed by atoms with Crippen LogP contribution in [0.5, 0.6) is 0 Å². The van der Waals surface area contributed by atoms with Gasteiger partial charge in [-0.05, 0) is 31.6 Å². The van der Waals surface area contributed by atoms with Crippen molar-refractivity contribution in [3.05, 3.63) is 0 Å². The van der Waals surface area contributed by atoms with Crippen molar-refractivity contribution in [3.8, 4) is 0 Å². The van der Waals surface area contributed by atoms with E-state index in [0.717, 1.165) is 115 Å². The summed E-state index contributed by atoms with van der Waals surface area (Å²) in [5.74, 6) is -1.34. The zero-order chi connectivity index (χ0) is 64.2. The second-order valence-corrected chi connectivity index (χ2v) is 27.9. The third-order valence-corrected chi connectivity index (χ3v) is 17.7. The molecule has 0 saturated heterocycles. The fourth-order valence-corrected chi connectivity index (χ4v) is 11.9. The summed E-state index contributed by atoms with van der Waals surface area (Å²) in [4.78, 5) is 72.0. The van der Waals surface area contributed by atoms with Gasteiger partial charge in [0, 0.05) is 25.7 Å². The van der Waals surface area contributed by atoms with Crippen molar-refractivity contribution >= 4 is 39.5 Å². The molecule has 87 heavy (non-hydrogen) atoms. The number of ether oxygens (including phenoxy) is 4. The SMILES string of the molecule is CCCCCCCCCCCCCCCCCCCC(=O)OC[C@H](COP(=O)(O)OC[C@@H](O)COP(=O)(O)OC[C@@H](COC(=O)CCCCCCC)OC(=O)CCCCCCCCC)OC(=O)CCCCCCCCCCCCCCCCCC(C)C. The van der Waals surface area contributed by atoms with Crippen molar-refractivity contribution in [2.45, 2.75) is 368 Å². The van der Waals surface area contributed by atoms with E-state index in [1.54, 1.807) is 0 Å². The third kappa shape index (κ3) is 62.6. The summed E-state index contributed by atoms with van der Waals surface area (Å²) in [5, 5.41) is 10.5. The summed E-state index contributed by atoms with van der Waals surface area (Å²) in [7, 11) is -9.88. The highest BCUT2D eigenvalue weighted by Gasteiger charge is 2.30. The zero-order valence-electron chi connectivity index (χ0n) is 56.2. The topological polar surface area (TPSA) is 237 Å². The molecule has 0 aromatic rings. The van der Waals surface area contributed by atoms with Gasteiger partial charge in [-0.1, -0.05) is 298 Å². The van der Waals surface area contributed by atoms with Crippen LogP contribution in [0.2, 0.25) is 0 Å². The standard InChI is InChI=1S/C68H132O17P2/c1-6-9-12-15-17-18-19-20-21-22-25-28-31-34-38-42-47-52-66(71)79-58-64(85-68(73)54-49-44-39-35-32-29-26-23-24-27-30-33-37-41-45-50-61(4)5)60-83-87(76,77)81-56-62(69)55-80-86(74,75)82-59-63(57-78-65(70)51-46-40-14-11-8-3)84-67(72)53-48-43-36-16-13-10-7-2/h61-64,69H,6-60H2,1-5H3,(H,74,75)(H,76,77)/t62-,63+,64+/m0/s1. The average Bonchev–Trinajstić information content (AvgIpc) is 3.69. The van der Waals surface area contributed by atoms with E-state index in [2.05, 4.69) is 34.6 Å². The number of carbonyl (C=O) groups excluding carboxylic acids is 4. The van der Waals surface area contributed by atoms with Gasteiger partial charge in [0.2, 0.25) is 0 Å². The minimum absolute atomic E-state index is 0.103. The highest BCUT2D eigenvalue weighted by Crippen LogP contribution is 2.45. The molecule has 0 spiro atoms. The molecule has 0 amide bonds. The highest BCUT2D eigenvalue weighted by molar-refractivity contribution is 7.47. The Hall–Kier alpha value is -1.94. The summed E-state index contributed by atoms with van der Waals surface area (Å²) in [6, 6.07) is 0. The van der Waals surface area contributed by atoms with E-state index in [1.165, 1.54) is 154 Å². The van der Waals surface area contributed by atoms with Gasteiger partial charge in [-0.2, -0.15) is 0 Å². The first-order chi connectivity index (χ1) is 42.0. The van der Waals surface area contributed by atoms with Gasteiger partial charge < -0.3 is 33.8 Å². The number of unbranched alkanes of at least 4 members (excludes halogenated alkanes) is 40. The van der Waals surface area contributed by atoms with Gasteiger partial charge in [0.1, 0.15) is 19.3 Å². The van der Waals surface area contributed by atoms with Crippen LogP contribution in [0.15, 0.2) is 0 Å². The summed E-state index contributed by atoms with van der Waals surface area (Å²) in [6.07, 6.45) is 47.8. The van der Waals surface area contributed by atoms with Crippen molar-refractivity contribution in [1.29, 1.82) is 0 Å². The Labute approximate surface area is 530 Å². The molecular weight excluding hydrogens is 1150 g/mol. The normalized spacial score (nSPS) is 14.1. The van der Waals surface area contributed by atoms with Crippen LogP contribution in [0, 0.1) is 5.92 Å². The minimum Gasteiger partial charge on any atom is -0.462 e. The van der Waals surface area contributed by atoms with Crippen LogP contribution < -0.4 is 0 Å². The van der Waals surface area contributed by atoms with Gasteiger partial charge in [0.05, 0.1) is 26.4 Å². The molecule has 0 fully saturated rings. The molecule has 0 rings (SSSR count). The molecule has 0 aromatic carbocycles. The number of phosphoric ester groups is 2. The molecule has 17 nitrogen and oxygen atoms in total. The molecule has 0 aliphatic rings. The van der Waals surface area contributed by atoms with Gasteiger partial charge in [-0.3, -0.25) is 37.3 Å². The third-order valence-electron chi connectivity index (χ3n) is 15.8. The van der Waals surface area contributed by atoms with Crippen LogP contribution in [0.25, 0.3) is 0 Å². The van der Waals surface area contributed by atoms with E-state index in [9.17, 15) is 43.2 Å². The number of rotatable bonds is 68. The van der Waals surface area contributed by atoms with E-state index in [-0.39, 0.29) is 25.7 Å². The van der Waals surface area contributed by atoms with Crippen molar-refractivity contribution in [1.82, 2.24) is 0 Å². The molecule has 2 unspecified atom stereocenters. The Balaban J connectivity index is 5.11. The van der Waals surface area contributed by atoms with Crippen LogP contribution in [-0.2, 0) is 65.4 Å². The van der Waals surface area contributed by atoms with E-state index in [0.29, 0.717) is 25.7 Å². The van der Waals surface area contributed by atoms with E-state index in [1.807, 2.05) is 0 Å². The molecule has 19 heteroatoms. The maximum Gasteiger partial charge on any atom is 0.472 e. The lowest BCUT2D eigenvalue weighted by Gasteiger charge is -2.21. The number of phosphoric acid groups is 2. The van der Waals surface area contributed by atoms with Crippen LogP contribution >= 0.6 is 15.6 Å². The molecule has 0 heterocycles. The summed E-state index contributed by atoms with van der Waals surface area (Å²) in [5.41, 5.74) is 0. The van der Waals surface area contributed by atoms with Crippen LogP contribution in [0.4, 0.5) is 0 Å². The first kappa shape index (κ1) is 85.1. The molecule has 0 saturated carbocycles. The number of carbonyl (C=O) groups is 4. The van der Waals surface area contributed by atoms with Crippen molar-refractivity contribution in [2.24, 2.45) is 5.92 Å². The monoisotopic (exact) mass is 1280 g/mol. The number of aliphatic hydroxyl groups excluding tert-OH is 1. The van der Waals surface area contributed by atoms with E-state index < -0.39 is 97.5 Å². The number of esters is 4. The minimum atomic E-state index is -4.95. The van der Waals surface area contributed by atoms with Gasteiger partial charge in [0.15, 0.2) is 12.2 Å². The summed E-state index contributed by atoms with van der Waals surface area (Å²) >= 11 is 0. The lowest BCUT2D eigenvalue weighted by atomic mass is 10.0. The molecular formula is C68H132O17P2. The van der Waals surface area contributed by atoms with Gasteiger partial charge in [-0.15, -0.1) is 0 Å². The Kier molecular flexibility index (Phi) is 60.2. The predicted molar refractivity (Wildman–Crippen MR) is 349 cm³/mol. The molecule has 0 radical (unpaired) electrons. The summed E-state index contributed by atoms with van der Waals surface area (Å²) < 4.78 is 67.8. The largest absolute Gasteiger partial charge is 0.472 e.